The van der Waals surface area contributed by atoms with Crippen LogP contribution in [0.2, 0.25) is 0 Å². The molecule has 8 nitrogen and oxygen atoms in total. The van der Waals surface area contributed by atoms with E-state index in [2.05, 4.69) is 5.32 Å². The third kappa shape index (κ3) is 4.09. The number of likely N-dealkylation sites (tertiary alicyclic amines) is 1. The van der Waals surface area contributed by atoms with Gasteiger partial charge in [0.1, 0.15) is 12.2 Å². The summed E-state index contributed by atoms with van der Waals surface area (Å²) in [4.78, 5) is 39.5. The Bertz CT molecular complexity index is 1170. The average Bonchev–Trinajstić information content (AvgIpc) is 3.22. The van der Waals surface area contributed by atoms with Gasteiger partial charge in [0.05, 0.1) is 11.6 Å². The van der Waals surface area contributed by atoms with E-state index in [-0.39, 0.29) is 30.5 Å². The first-order valence-corrected chi connectivity index (χ1v) is 10.5. The van der Waals surface area contributed by atoms with Crippen molar-refractivity contribution in [1.82, 2.24) is 19.4 Å². The van der Waals surface area contributed by atoms with E-state index in [9.17, 15) is 19.5 Å². The van der Waals surface area contributed by atoms with E-state index in [1.54, 1.807) is 53.2 Å². The number of rotatable bonds is 5. The molecule has 0 bridgehead atoms. The number of benzene rings is 1. The van der Waals surface area contributed by atoms with Crippen LogP contribution in [0.5, 0.6) is 0 Å². The number of β-amino-alcohol motifs (C(OH)–C–C–N with tert-alkyl or cyclic N) is 1. The molecule has 2 N–H and O–H groups in total. The minimum Gasteiger partial charge on any atom is -0.388 e. The van der Waals surface area contributed by atoms with Gasteiger partial charge in [-0.05, 0) is 30.2 Å². The molecule has 1 saturated heterocycles. The molecule has 1 fully saturated rings. The van der Waals surface area contributed by atoms with Crippen LogP contribution in [0.4, 0.5) is 0 Å². The number of aryl methyl sites for hydroxylation is 1. The number of hydrogen-bond acceptors (Lipinski definition) is 4. The van der Waals surface area contributed by atoms with Crippen molar-refractivity contribution in [3.63, 3.8) is 0 Å². The largest absolute Gasteiger partial charge is 0.388 e. The van der Waals surface area contributed by atoms with E-state index in [1.165, 1.54) is 10.6 Å². The Morgan fingerprint density at radius 1 is 1.06 bits per heavy atom. The Labute approximate surface area is 185 Å². The molecule has 32 heavy (non-hydrogen) atoms. The van der Waals surface area contributed by atoms with Crippen molar-refractivity contribution >= 4 is 11.8 Å². The lowest BCUT2D eigenvalue weighted by molar-refractivity contribution is -0.127. The highest BCUT2D eigenvalue weighted by Crippen LogP contribution is 2.34. The molecule has 1 aliphatic rings. The van der Waals surface area contributed by atoms with E-state index in [1.807, 2.05) is 30.3 Å². The van der Waals surface area contributed by atoms with Crippen LogP contribution in [0.1, 0.15) is 22.5 Å². The summed E-state index contributed by atoms with van der Waals surface area (Å²) < 4.78 is 3.06. The summed E-state index contributed by atoms with van der Waals surface area (Å²) in [5.41, 5.74) is -0.0501. The Morgan fingerprint density at radius 3 is 2.47 bits per heavy atom. The highest BCUT2D eigenvalue weighted by molar-refractivity contribution is 5.93. The lowest BCUT2D eigenvalue weighted by Crippen LogP contribution is -2.63. The van der Waals surface area contributed by atoms with Crippen LogP contribution < -0.4 is 10.9 Å². The minimum atomic E-state index is -1.07. The Morgan fingerprint density at radius 2 is 1.81 bits per heavy atom. The molecular formula is C24H26N4O4. The highest BCUT2D eigenvalue weighted by atomic mass is 16.3. The number of aliphatic hydroxyl groups is 1. The van der Waals surface area contributed by atoms with Crippen LogP contribution in [0.3, 0.4) is 0 Å². The molecule has 1 aliphatic heterocycles. The van der Waals surface area contributed by atoms with Gasteiger partial charge in [-0.15, -0.1) is 0 Å². The van der Waals surface area contributed by atoms with E-state index in [4.69, 9.17) is 0 Å². The molecule has 3 aromatic rings. The van der Waals surface area contributed by atoms with Crippen molar-refractivity contribution < 1.29 is 14.7 Å². The molecule has 2 atom stereocenters. The summed E-state index contributed by atoms with van der Waals surface area (Å²) in [5, 5.41) is 14.2. The number of nitrogens with zero attached hydrogens (tertiary/aromatic N) is 3. The molecule has 2 aromatic heterocycles. The van der Waals surface area contributed by atoms with Crippen molar-refractivity contribution in [2.45, 2.75) is 24.6 Å². The van der Waals surface area contributed by atoms with Crippen molar-refractivity contribution in [3.05, 3.63) is 94.7 Å². The summed E-state index contributed by atoms with van der Waals surface area (Å²) in [5.74, 6) is -0.552. The van der Waals surface area contributed by atoms with Crippen LogP contribution in [0.15, 0.2) is 77.9 Å². The van der Waals surface area contributed by atoms with Crippen LogP contribution >= 0.6 is 0 Å². The molecule has 0 saturated carbocycles. The highest BCUT2D eigenvalue weighted by Gasteiger charge is 2.46. The first-order valence-electron chi connectivity index (χ1n) is 10.5. The summed E-state index contributed by atoms with van der Waals surface area (Å²) >= 11 is 0. The average molecular weight is 434 g/mol. The van der Waals surface area contributed by atoms with Gasteiger partial charge in [0.15, 0.2) is 0 Å². The molecule has 0 aliphatic carbocycles. The number of hydrogen-bond donors (Lipinski definition) is 2. The van der Waals surface area contributed by atoms with Gasteiger partial charge in [0.25, 0.3) is 11.5 Å². The number of aliphatic hydroxyl groups excluding tert-OH is 1. The number of nitrogens with one attached hydrogen (secondary N) is 1. The van der Waals surface area contributed by atoms with Gasteiger partial charge in [0.2, 0.25) is 5.91 Å². The first-order chi connectivity index (χ1) is 15.4. The number of carbonyl (C=O) groups is 2. The monoisotopic (exact) mass is 434 g/mol. The van der Waals surface area contributed by atoms with Crippen LogP contribution in [0.25, 0.3) is 0 Å². The van der Waals surface area contributed by atoms with Crippen LogP contribution in [-0.2, 0) is 23.9 Å². The molecule has 1 aromatic carbocycles. The quantitative estimate of drug-likeness (QED) is 0.629. The fourth-order valence-electron chi connectivity index (χ4n) is 4.29. The van der Waals surface area contributed by atoms with Gasteiger partial charge in [0, 0.05) is 38.6 Å². The van der Waals surface area contributed by atoms with Gasteiger partial charge in [-0.1, -0.05) is 36.4 Å². The normalized spacial score (nSPS) is 20.7. The van der Waals surface area contributed by atoms with Gasteiger partial charge in [-0.3, -0.25) is 14.4 Å². The second-order valence-corrected chi connectivity index (χ2v) is 8.07. The number of pyridine rings is 1. The SMILES string of the molecule is Cn1cccc1C(=O)N1CC[C@](NC(=O)Cn2ccccc2=O)(c2ccccc2)[C@H](O)C1. The zero-order valence-corrected chi connectivity index (χ0v) is 17.8. The number of aromatic nitrogens is 2. The number of piperidine rings is 1. The number of amides is 2. The molecule has 0 unspecified atom stereocenters. The Kier molecular flexibility index (Phi) is 5.96. The second kappa shape index (κ2) is 8.84. The molecule has 3 heterocycles. The predicted molar refractivity (Wildman–Crippen MR) is 119 cm³/mol. The van der Waals surface area contributed by atoms with Gasteiger partial charge in [-0.2, -0.15) is 0 Å². The summed E-state index contributed by atoms with van der Waals surface area (Å²) in [6.07, 6.45) is 2.66. The third-order valence-electron chi connectivity index (χ3n) is 6.05. The first kappa shape index (κ1) is 21.6. The van der Waals surface area contributed by atoms with Gasteiger partial charge in [-0.25, -0.2) is 0 Å². The molecule has 8 heteroatoms. The summed E-state index contributed by atoms with van der Waals surface area (Å²) in [6.45, 7) is 0.277. The Balaban J connectivity index is 1.58. The lowest BCUT2D eigenvalue weighted by Gasteiger charge is -2.46. The predicted octanol–water partition coefficient (Wildman–Crippen LogP) is 1.11. The fraction of sp³-hybridized carbons (Fsp3) is 0.292. The fourth-order valence-corrected chi connectivity index (χ4v) is 4.29. The van der Waals surface area contributed by atoms with Crippen LogP contribution in [0, 0.1) is 0 Å². The summed E-state index contributed by atoms with van der Waals surface area (Å²) in [6, 6.07) is 17.5. The van der Waals surface area contributed by atoms with Crippen LogP contribution in [-0.4, -0.2) is 50.1 Å². The summed E-state index contributed by atoms with van der Waals surface area (Å²) in [7, 11) is 1.80. The van der Waals surface area contributed by atoms with Gasteiger partial charge < -0.3 is 24.5 Å². The minimum absolute atomic E-state index is 0.0739. The zero-order valence-electron chi connectivity index (χ0n) is 17.8. The van der Waals surface area contributed by atoms with E-state index in [0.29, 0.717) is 18.7 Å². The maximum absolute atomic E-state index is 12.9. The molecular weight excluding hydrogens is 408 g/mol. The second-order valence-electron chi connectivity index (χ2n) is 8.07. The van der Waals surface area contributed by atoms with Crippen molar-refractivity contribution in [2.24, 2.45) is 7.05 Å². The van der Waals surface area contributed by atoms with Crippen molar-refractivity contribution in [1.29, 1.82) is 0 Å². The van der Waals surface area contributed by atoms with Gasteiger partial charge >= 0.3 is 0 Å². The zero-order chi connectivity index (χ0) is 22.7. The van der Waals surface area contributed by atoms with Crippen molar-refractivity contribution in [3.8, 4) is 0 Å². The molecule has 166 valence electrons. The third-order valence-corrected chi connectivity index (χ3v) is 6.05. The molecule has 0 radical (unpaired) electrons. The van der Waals surface area contributed by atoms with E-state index >= 15 is 0 Å². The molecule has 2 amide bonds. The standard InChI is InChI=1S/C24H26N4O4/c1-26-13-7-10-19(26)23(32)28-15-12-24(20(29)16-28,18-8-3-2-4-9-18)25-21(30)17-27-14-6-5-11-22(27)31/h2-11,13-14,20,29H,12,15-17H2,1H3,(H,25,30)/t20-,24+/m1/s1. The Hall–Kier alpha value is -3.65. The number of carbonyl (C=O) groups excluding carboxylic acids is 2. The molecule has 0 spiro atoms. The smallest absolute Gasteiger partial charge is 0.270 e. The maximum Gasteiger partial charge on any atom is 0.270 e. The molecule has 4 rings (SSSR count). The van der Waals surface area contributed by atoms with Crippen molar-refractivity contribution in [2.75, 3.05) is 13.1 Å². The topological polar surface area (TPSA) is 96.6 Å². The van der Waals surface area contributed by atoms with E-state index in [0.717, 1.165) is 5.56 Å². The maximum atomic E-state index is 12.9. The van der Waals surface area contributed by atoms with E-state index < -0.39 is 11.6 Å². The lowest BCUT2D eigenvalue weighted by atomic mass is 9.78.